The van der Waals surface area contributed by atoms with Crippen LogP contribution in [0.3, 0.4) is 0 Å². The van der Waals surface area contributed by atoms with Crippen molar-refractivity contribution in [3.05, 3.63) is 23.7 Å². The molecular formula is C15H24N2O2. The zero-order chi connectivity index (χ0) is 13.8. The standard InChI is InChI=1S/C15H24N2O2/c1-4-13-10-17(12(3)18)7-5-14(13)16-9-15-11(2)6-8-19-15/h6,8,13-14,16H,4-5,7,9-10H2,1-3H3/t13-,14-/m1/s1. The summed E-state index contributed by atoms with van der Waals surface area (Å²) in [7, 11) is 0. The molecule has 4 nitrogen and oxygen atoms in total. The summed E-state index contributed by atoms with van der Waals surface area (Å²) in [6, 6.07) is 2.47. The van der Waals surface area contributed by atoms with E-state index in [2.05, 4.69) is 19.2 Å². The molecule has 2 atom stereocenters. The summed E-state index contributed by atoms with van der Waals surface area (Å²) in [4.78, 5) is 13.4. The second kappa shape index (κ2) is 6.24. The van der Waals surface area contributed by atoms with Gasteiger partial charge in [-0.05, 0) is 30.9 Å². The second-order valence-corrected chi connectivity index (χ2v) is 5.44. The number of nitrogens with zero attached hydrogens (tertiary/aromatic N) is 1. The van der Waals surface area contributed by atoms with Crippen LogP contribution in [-0.2, 0) is 11.3 Å². The average Bonchev–Trinajstić information content (AvgIpc) is 2.81. The highest BCUT2D eigenvalue weighted by molar-refractivity contribution is 5.73. The predicted molar refractivity (Wildman–Crippen MR) is 74.7 cm³/mol. The SMILES string of the molecule is CC[C@@H]1CN(C(C)=O)CC[C@H]1NCc1occc1C. The van der Waals surface area contributed by atoms with E-state index in [9.17, 15) is 4.79 Å². The van der Waals surface area contributed by atoms with Gasteiger partial charge in [-0.2, -0.15) is 0 Å². The van der Waals surface area contributed by atoms with Crippen molar-refractivity contribution in [2.75, 3.05) is 13.1 Å². The Morgan fingerprint density at radius 1 is 1.58 bits per heavy atom. The molecule has 1 aliphatic heterocycles. The van der Waals surface area contributed by atoms with Crippen molar-refractivity contribution >= 4 is 5.91 Å². The third-order valence-corrected chi connectivity index (χ3v) is 4.20. The van der Waals surface area contributed by atoms with E-state index in [1.807, 2.05) is 11.0 Å². The summed E-state index contributed by atoms with van der Waals surface area (Å²) >= 11 is 0. The van der Waals surface area contributed by atoms with Crippen molar-refractivity contribution < 1.29 is 9.21 Å². The van der Waals surface area contributed by atoms with Gasteiger partial charge in [0.15, 0.2) is 0 Å². The normalized spacial score (nSPS) is 23.6. The molecule has 0 bridgehead atoms. The van der Waals surface area contributed by atoms with Crippen LogP contribution in [0.2, 0.25) is 0 Å². The van der Waals surface area contributed by atoms with Crippen LogP contribution in [0.4, 0.5) is 0 Å². The number of carbonyl (C=O) groups is 1. The van der Waals surface area contributed by atoms with Crippen molar-refractivity contribution in [3.8, 4) is 0 Å². The van der Waals surface area contributed by atoms with Gasteiger partial charge in [-0.25, -0.2) is 0 Å². The predicted octanol–water partition coefficient (Wildman–Crippen LogP) is 2.32. The molecule has 1 N–H and O–H groups in total. The van der Waals surface area contributed by atoms with E-state index in [0.717, 1.165) is 38.2 Å². The fourth-order valence-corrected chi connectivity index (χ4v) is 2.81. The summed E-state index contributed by atoms with van der Waals surface area (Å²) < 4.78 is 5.46. The molecule has 4 heteroatoms. The number of piperidine rings is 1. The van der Waals surface area contributed by atoms with Gasteiger partial charge in [0.2, 0.25) is 5.91 Å². The van der Waals surface area contributed by atoms with Gasteiger partial charge < -0.3 is 14.6 Å². The van der Waals surface area contributed by atoms with Crippen LogP contribution in [0.5, 0.6) is 0 Å². The third kappa shape index (κ3) is 3.38. The number of hydrogen-bond donors (Lipinski definition) is 1. The van der Waals surface area contributed by atoms with Crippen molar-refractivity contribution in [2.45, 2.75) is 46.2 Å². The Bertz CT molecular complexity index is 428. The lowest BCUT2D eigenvalue weighted by Gasteiger charge is -2.38. The fraction of sp³-hybridized carbons (Fsp3) is 0.667. The Labute approximate surface area is 115 Å². The third-order valence-electron chi connectivity index (χ3n) is 4.20. The Balaban J connectivity index is 1.90. The molecule has 0 unspecified atom stereocenters. The molecule has 106 valence electrons. The summed E-state index contributed by atoms with van der Waals surface area (Å²) in [5, 5.41) is 3.59. The molecule has 1 aromatic heterocycles. The Morgan fingerprint density at radius 3 is 2.95 bits per heavy atom. The number of aryl methyl sites for hydroxylation is 1. The minimum atomic E-state index is 0.193. The van der Waals surface area contributed by atoms with Crippen molar-refractivity contribution in [1.29, 1.82) is 0 Å². The van der Waals surface area contributed by atoms with E-state index >= 15 is 0 Å². The van der Waals surface area contributed by atoms with E-state index in [1.165, 1.54) is 5.56 Å². The van der Waals surface area contributed by atoms with Gasteiger partial charge in [0, 0.05) is 26.1 Å². The topological polar surface area (TPSA) is 45.5 Å². The number of rotatable bonds is 4. The van der Waals surface area contributed by atoms with E-state index in [4.69, 9.17) is 4.42 Å². The largest absolute Gasteiger partial charge is 0.468 e. The van der Waals surface area contributed by atoms with E-state index in [0.29, 0.717) is 12.0 Å². The van der Waals surface area contributed by atoms with Gasteiger partial charge in [-0.1, -0.05) is 13.3 Å². The van der Waals surface area contributed by atoms with Crippen molar-refractivity contribution in [3.63, 3.8) is 0 Å². The zero-order valence-electron chi connectivity index (χ0n) is 12.1. The molecule has 1 saturated heterocycles. The number of amides is 1. The quantitative estimate of drug-likeness (QED) is 0.907. The highest BCUT2D eigenvalue weighted by atomic mass is 16.3. The van der Waals surface area contributed by atoms with Crippen molar-refractivity contribution in [1.82, 2.24) is 10.2 Å². The zero-order valence-corrected chi connectivity index (χ0v) is 12.1. The number of nitrogens with one attached hydrogen (secondary N) is 1. The van der Waals surface area contributed by atoms with E-state index < -0.39 is 0 Å². The molecule has 0 aliphatic carbocycles. The average molecular weight is 264 g/mol. The number of carbonyl (C=O) groups excluding carboxylic acids is 1. The molecule has 0 spiro atoms. The highest BCUT2D eigenvalue weighted by Gasteiger charge is 2.28. The molecule has 1 amide bonds. The lowest BCUT2D eigenvalue weighted by Crippen LogP contribution is -2.50. The summed E-state index contributed by atoms with van der Waals surface area (Å²) in [5.41, 5.74) is 1.20. The molecule has 1 fully saturated rings. The molecule has 0 radical (unpaired) electrons. The Hall–Kier alpha value is -1.29. The molecule has 0 aromatic carbocycles. The smallest absolute Gasteiger partial charge is 0.219 e. The van der Waals surface area contributed by atoms with E-state index in [-0.39, 0.29) is 5.91 Å². The van der Waals surface area contributed by atoms with Crippen molar-refractivity contribution in [2.24, 2.45) is 5.92 Å². The first kappa shape index (κ1) is 14.1. The number of furan rings is 1. The lowest BCUT2D eigenvalue weighted by atomic mass is 9.89. The van der Waals surface area contributed by atoms with Crippen LogP contribution >= 0.6 is 0 Å². The Kier molecular flexibility index (Phi) is 4.64. The summed E-state index contributed by atoms with van der Waals surface area (Å²) in [6.07, 6.45) is 3.86. The number of hydrogen-bond acceptors (Lipinski definition) is 3. The maximum atomic E-state index is 11.4. The molecule has 19 heavy (non-hydrogen) atoms. The van der Waals surface area contributed by atoms with Gasteiger partial charge in [-0.3, -0.25) is 4.79 Å². The van der Waals surface area contributed by atoms with Gasteiger partial charge in [0.05, 0.1) is 12.8 Å². The minimum Gasteiger partial charge on any atom is -0.468 e. The van der Waals surface area contributed by atoms with Crippen LogP contribution in [0, 0.1) is 12.8 Å². The maximum Gasteiger partial charge on any atom is 0.219 e. The van der Waals surface area contributed by atoms with Crippen LogP contribution in [-0.4, -0.2) is 29.9 Å². The lowest BCUT2D eigenvalue weighted by molar-refractivity contribution is -0.131. The highest BCUT2D eigenvalue weighted by Crippen LogP contribution is 2.21. The molecule has 1 aliphatic rings. The molecule has 2 rings (SSSR count). The first-order valence-electron chi connectivity index (χ1n) is 7.13. The fourth-order valence-electron chi connectivity index (χ4n) is 2.81. The van der Waals surface area contributed by atoms with Crippen LogP contribution in [0.25, 0.3) is 0 Å². The molecule has 2 heterocycles. The van der Waals surface area contributed by atoms with Crippen LogP contribution < -0.4 is 5.32 Å². The summed E-state index contributed by atoms with van der Waals surface area (Å²) in [6.45, 7) is 8.44. The first-order chi connectivity index (χ1) is 9.11. The first-order valence-corrected chi connectivity index (χ1v) is 7.13. The molecule has 0 saturated carbocycles. The number of likely N-dealkylation sites (tertiary alicyclic amines) is 1. The monoisotopic (exact) mass is 264 g/mol. The Morgan fingerprint density at radius 2 is 2.37 bits per heavy atom. The van der Waals surface area contributed by atoms with Gasteiger partial charge in [0.25, 0.3) is 0 Å². The molecular weight excluding hydrogens is 240 g/mol. The van der Waals surface area contributed by atoms with Gasteiger partial charge in [-0.15, -0.1) is 0 Å². The molecule has 1 aromatic rings. The second-order valence-electron chi connectivity index (χ2n) is 5.44. The maximum absolute atomic E-state index is 11.4. The van der Waals surface area contributed by atoms with Crippen LogP contribution in [0.15, 0.2) is 16.7 Å². The van der Waals surface area contributed by atoms with Crippen LogP contribution in [0.1, 0.15) is 38.0 Å². The summed E-state index contributed by atoms with van der Waals surface area (Å²) in [5.74, 6) is 1.75. The van der Waals surface area contributed by atoms with Gasteiger partial charge >= 0.3 is 0 Å². The van der Waals surface area contributed by atoms with E-state index in [1.54, 1.807) is 13.2 Å². The minimum absolute atomic E-state index is 0.193. The van der Waals surface area contributed by atoms with Gasteiger partial charge in [0.1, 0.15) is 5.76 Å².